The van der Waals surface area contributed by atoms with E-state index in [0.29, 0.717) is 28.8 Å². The number of amides is 1. The highest BCUT2D eigenvalue weighted by molar-refractivity contribution is 6.30. The van der Waals surface area contributed by atoms with Gasteiger partial charge in [0.05, 0.1) is 10.8 Å². The van der Waals surface area contributed by atoms with Gasteiger partial charge in [0.25, 0.3) is 5.70 Å². The Kier molecular flexibility index (Phi) is 6.39. The summed E-state index contributed by atoms with van der Waals surface area (Å²) in [6.07, 6.45) is 1.63. The molecule has 2 aromatic rings. The number of carbonyl (C=O) groups is 1. The lowest BCUT2D eigenvalue weighted by Crippen LogP contribution is -2.43. The molecule has 0 spiro atoms. The lowest BCUT2D eigenvalue weighted by atomic mass is 9.89. The van der Waals surface area contributed by atoms with Crippen molar-refractivity contribution >= 4 is 29.1 Å². The molecule has 0 saturated carbocycles. The van der Waals surface area contributed by atoms with Crippen LogP contribution in [0.5, 0.6) is 0 Å². The van der Waals surface area contributed by atoms with Gasteiger partial charge in [0.15, 0.2) is 5.82 Å². The van der Waals surface area contributed by atoms with Crippen LogP contribution in [0.15, 0.2) is 54.1 Å². The fourth-order valence-corrected chi connectivity index (χ4v) is 3.80. The summed E-state index contributed by atoms with van der Waals surface area (Å²) in [6, 6.07) is 10.3. The van der Waals surface area contributed by atoms with Crippen molar-refractivity contribution < 1.29 is 9.72 Å². The average molecular weight is 435 g/mol. The van der Waals surface area contributed by atoms with E-state index in [4.69, 9.17) is 23.2 Å². The van der Waals surface area contributed by atoms with E-state index in [1.807, 2.05) is 13.0 Å². The number of nitro groups is 1. The number of carbonyl (C=O) groups excluding carboxylic acids is 1. The highest BCUT2D eigenvalue weighted by Crippen LogP contribution is 2.38. The van der Waals surface area contributed by atoms with Crippen LogP contribution in [0.2, 0.25) is 10.2 Å². The Morgan fingerprint density at radius 1 is 1.31 bits per heavy atom. The third-order valence-electron chi connectivity index (χ3n) is 4.92. The van der Waals surface area contributed by atoms with E-state index in [0.717, 1.165) is 5.56 Å². The fourth-order valence-electron chi connectivity index (χ4n) is 3.49. The first-order valence-electron chi connectivity index (χ1n) is 9.07. The Labute approximate surface area is 178 Å². The number of hydrogen-bond acceptors (Lipinski definition) is 5. The van der Waals surface area contributed by atoms with Crippen molar-refractivity contribution in [1.29, 1.82) is 0 Å². The molecule has 0 aliphatic carbocycles. The highest BCUT2D eigenvalue weighted by atomic mass is 35.5. The van der Waals surface area contributed by atoms with Gasteiger partial charge in [-0.2, -0.15) is 0 Å². The first-order chi connectivity index (χ1) is 13.8. The van der Waals surface area contributed by atoms with Crippen LogP contribution in [0.4, 0.5) is 0 Å². The maximum Gasteiger partial charge on any atom is 0.294 e. The molecule has 1 aromatic carbocycles. The van der Waals surface area contributed by atoms with E-state index in [-0.39, 0.29) is 23.8 Å². The summed E-state index contributed by atoms with van der Waals surface area (Å²) in [6.45, 7) is 2.71. The van der Waals surface area contributed by atoms with Crippen molar-refractivity contribution in [2.75, 3.05) is 13.6 Å². The van der Waals surface area contributed by atoms with Gasteiger partial charge >= 0.3 is 0 Å². The number of nitrogens with zero attached hydrogens (tertiary/aromatic N) is 4. The Balaban J connectivity index is 2.10. The number of aromatic nitrogens is 1. The molecule has 3 rings (SSSR count). The Morgan fingerprint density at radius 3 is 2.66 bits per heavy atom. The molecule has 1 amide bonds. The molecule has 0 saturated heterocycles. The zero-order valence-corrected chi connectivity index (χ0v) is 17.5. The van der Waals surface area contributed by atoms with Crippen LogP contribution >= 0.6 is 23.2 Å². The van der Waals surface area contributed by atoms with E-state index in [1.165, 1.54) is 4.90 Å². The van der Waals surface area contributed by atoms with E-state index in [9.17, 15) is 14.9 Å². The van der Waals surface area contributed by atoms with Crippen molar-refractivity contribution in [3.05, 3.63) is 85.5 Å². The molecular formula is C20H20Cl2N4O3. The summed E-state index contributed by atoms with van der Waals surface area (Å²) < 4.78 is 0. The minimum atomic E-state index is -0.681. The maximum absolute atomic E-state index is 12.7. The highest BCUT2D eigenvalue weighted by Gasteiger charge is 2.42. The molecule has 1 aromatic heterocycles. The second-order valence-electron chi connectivity index (χ2n) is 6.73. The number of allylic oxidation sites excluding steroid dienone is 1. The third kappa shape index (κ3) is 4.52. The third-order valence-corrected chi connectivity index (χ3v) is 5.38. The molecule has 29 heavy (non-hydrogen) atoms. The molecule has 1 aliphatic rings. The van der Waals surface area contributed by atoms with Gasteiger partial charge in [-0.05, 0) is 36.2 Å². The molecule has 152 valence electrons. The van der Waals surface area contributed by atoms with Gasteiger partial charge in [0, 0.05) is 37.8 Å². The molecule has 0 fully saturated rings. The van der Waals surface area contributed by atoms with Crippen LogP contribution in [-0.4, -0.2) is 39.2 Å². The van der Waals surface area contributed by atoms with Crippen LogP contribution in [0.3, 0.4) is 0 Å². The van der Waals surface area contributed by atoms with Crippen LogP contribution in [0, 0.1) is 10.1 Å². The van der Waals surface area contributed by atoms with Crippen LogP contribution in [0.1, 0.15) is 30.4 Å². The normalized spacial score (nSPS) is 16.9. The van der Waals surface area contributed by atoms with Crippen LogP contribution in [0.25, 0.3) is 0 Å². The maximum atomic E-state index is 12.7. The van der Waals surface area contributed by atoms with E-state index >= 15 is 0 Å². The number of pyridine rings is 1. The van der Waals surface area contributed by atoms with E-state index in [2.05, 4.69) is 4.98 Å². The fraction of sp³-hybridized carbons (Fsp3) is 0.300. The second-order valence-corrected chi connectivity index (χ2v) is 7.56. The van der Waals surface area contributed by atoms with Crippen LogP contribution < -0.4 is 0 Å². The minimum absolute atomic E-state index is 0.0106. The number of benzene rings is 1. The van der Waals surface area contributed by atoms with Gasteiger partial charge < -0.3 is 4.90 Å². The van der Waals surface area contributed by atoms with Crippen molar-refractivity contribution in [3.63, 3.8) is 0 Å². The lowest BCUT2D eigenvalue weighted by Gasteiger charge is -2.36. The summed E-state index contributed by atoms with van der Waals surface area (Å²) in [4.78, 5) is 31.7. The summed E-state index contributed by atoms with van der Waals surface area (Å²) >= 11 is 11.9. The SMILES string of the molecule is CCN(Cc1ccc(Cl)nc1)C1=C([N+](=O)[O-])C(c2cccc(Cl)c2)CC(=O)N1C. The topological polar surface area (TPSA) is 79.6 Å². The van der Waals surface area contributed by atoms with E-state index in [1.54, 1.807) is 48.5 Å². The molecule has 7 nitrogen and oxygen atoms in total. The molecule has 0 N–H and O–H groups in total. The number of hydrogen-bond donors (Lipinski definition) is 0. The van der Waals surface area contributed by atoms with Gasteiger partial charge in [0.1, 0.15) is 5.15 Å². The zero-order chi connectivity index (χ0) is 21.1. The first-order valence-corrected chi connectivity index (χ1v) is 9.83. The molecule has 2 heterocycles. The number of rotatable bonds is 6. The molecule has 1 aliphatic heterocycles. The largest absolute Gasteiger partial charge is 0.348 e. The predicted molar refractivity (Wildman–Crippen MR) is 111 cm³/mol. The van der Waals surface area contributed by atoms with Gasteiger partial charge in [-0.15, -0.1) is 0 Å². The van der Waals surface area contributed by atoms with Crippen molar-refractivity contribution in [3.8, 4) is 0 Å². The molecule has 1 unspecified atom stereocenters. The lowest BCUT2D eigenvalue weighted by molar-refractivity contribution is -0.434. The van der Waals surface area contributed by atoms with Gasteiger partial charge in [-0.3, -0.25) is 19.8 Å². The second kappa shape index (κ2) is 8.80. The average Bonchev–Trinajstić information content (AvgIpc) is 2.69. The quantitative estimate of drug-likeness (QED) is 0.384. The Bertz CT molecular complexity index is 962. The summed E-state index contributed by atoms with van der Waals surface area (Å²) in [5.41, 5.74) is 1.46. The van der Waals surface area contributed by atoms with Gasteiger partial charge in [0.2, 0.25) is 5.91 Å². The predicted octanol–water partition coefficient (Wildman–Crippen LogP) is 4.30. The molecule has 0 radical (unpaired) electrons. The molecule has 0 bridgehead atoms. The smallest absolute Gasteiger partial charge is 0.294 e. The molecule has 9 heteroatoms. The Hall–Kier alpha value is -2.64. The Morgan fingerprint density at radius 2 is 2.07 bits per heavy atom. The summed E-state index contributed by atoms with van der Waals surface area (Å²) in [5.74, 6) is -0.586. The van der Waals surface area contributed by atoms with Crippen LogP contribution in [-0.2, 0) is 11.3 Å². The number of halogens is 2. The molecule has 1 atom stereocenters. The standard InChI is InChI=1S/C20H20Cl2N4O3/c1-3-25(12-13-7-8-17(22)23-11-13)20-19(26(28)29)16(10-18(27)24(20)2)14-5-4-6-15(21)9-14/h4-9,11,16H,3,10,12H2,1-2H3. The zero-order valence-electron chi connectivity index (χ0n) is 16.0. The monoisotopic (exact) mass is 434 g/mol. The minimum Gasteiger partial charge on any atom is -0.348 e. The van der Waals surface area contributed by atoms with Crippen molar-refractivity contribution in [2.24, 2.45) is 0 Å². The van der Waals surface area contributed by atoms with Crippen molar-refractivity contribution in [2.45, 2.75) is 25.8 Å². The van der Waals surface area contributed by atoms with Crippen molar-refractivity contribution in [1.82, 2.24) is 14.8 Å². The summed E-state index contributed by atoms with van der Waals surface area (Å²) in [5, 5.41) is 13.0. The van der Waals surface area contributed by atoms with Gasteiger partial charge in [-0.25, -0.2) is 4.98 Å². The molecular weight excluding hydrogens is 415 g/mol. The van der Waals surface area contributed by atoms with Gasteiger partial charge in [-0.1, -0.05) is 41.4 Å². The first kappa shape index (κ1) is 21.1. The summed E-state index contributed by atoms with van der Waals surface area (Å²) in [7, 11) is 1.57. The van der Waals surface area contributed by atoms with E-state index < -0.39 is 10.8 Å².